The van der Waals surface area contributed by atoms with Crippen LogP contribution in [0.15, 0.2) is 60.7 Å². The molecule has 0 aromatic heterocycles. The molecule has 1 heterocycles. The van der Waals surface area contributed by atoms with E-state index in [9.17, 15) is 20.1 Å². The van der Waals surface area contributed by atoms with Gasteiger partial charge < -0.3 is 15.3 Å². The van der Waals surface area contributed by atoms with Crippen LogP contribution in [0.25, 0.3) is 0 Å². The summed E-state index contributed by atoms with van der Waals surface area (Å²) in [7, 11) is 0. The first-order valence-electron chi connectivity index (χ1n) is 10.9. The maximum absolute atomic E-state index is 12.3. The topological polar surface area (TPSA) is 81.0 Å². The molecule has 5 heteroatoms. The highest BCUT2D eigenvalue weighted by Gasteiger charge is 2.47. The van der Waals surface area contributed by atoms with Gasteiger partial charge in [-0.1, -0.05) is 67.6 Å². The van der Waals surface area contributed by atoms with Gasteiger partial charge in [0.15, 0.2) is 0 Å². The predicted octanol–water partition coefficient (Wildman–Crippen LogP) is 2.73. The summed E-state index contributed by atoms with van der Waals surface area (Å²) in [6.45, 7) is 2.27. The number of Topliss-reactive ketones (excluding diaryl/α,β-unsaturated/α-hetero) is 1. The van der Waals surface area contributed by atoms with Crippen molar-refractivity contribution in [2.75, 3.05) is 13.2 Å². The van der Waals surface area contributed by atoms with Gasteiger partial charge in [-0.25, -0.2) is 0 Å². The lowest BCUT2D eigenvalue weighted by Gasteiger charge is -2.31. The standard InChI is InChI=1S/C25H33NO4/c1-2-9-20(28)16-22-24(29)25(30)23(17-27)26(22)15-14-21(18-10-5-3-6-11-18)19-12-7-4-8-13-19/h3-8,10-13,21-25,27,29-30H,2,9,14-17H2,1H3/t22-,23-,24-,25-/m1/s1. The van der Waals surface area contributed by atoms with E-state index in [2.05, 4.69) is 24.3 Å². The van der Waals surface area contributed by atoms with Crippen molar-refractivity contribution < 1.29 is 20.1 Å². The zero-order chi connectivity index (χ0) is 21.5. The molecule has 3 rings (SSSR count). The molecule has 162 valence electrons. The number of benzene rings is 2. The lowest BCUT2D eigenvalue weighted by molar-refractivity contribution is -0.121. The Bertz CT molecular complexity index is 743. The van der Waals surface area contributed by atoms with Gasteiger partial charge in [-0.2, -0.15) is 0 Å². The van der Waals surface area contributed by atoms with Crippen LogP contribution in [-0.2, 0) is 4.79 Å². The molecule has 1 aliphatic rings. The summed E-state index contributed by atoms with van der Waals surface area (Å²) in [6.07, 6.45) is 0.0914. The Hall–Kier alpha value is -2.05. The molecule has 5 nitrogen and oxygen atoms in total. The van der Waals surface area contributed by atoms with E-state index in [0.717, 1.165) is 12.8 Å². The number of aliphatic hydroxyl groups is 3. The van der Waals surface area contributed by atoms with Crippen LogP contribution in [0.4, 0.5) is 0 Å². The second-order valence-corrected chi connectivity index (χ2v) is 8.19. The molecule has 0 spiro atoms. The third-order valence-corrected chi connectivity index (χ3v) is 6.22. The zero-order valence-electron chi connectivity index (χ0n) is 17.6. The van der Waals surface area contributed by atoms with E-state index >= 15 is 0 Å². The number of carbonyl (C=O) groups is 1. The molecule has 0 radical (unpaired) electrons. The molecule has 0 unspecified atom stereocenters. The van der Waals surface area contributed by atoms with Crippen molar-refractivity contribution in [3.05, 3.63) is 71.8 Å². The van der Waals surface area contributed by atoms with Crippen molar-refractivity contribution >= 4 is 5.78 Å². The molecule has 0 aliphatic carbocycles. The highest BCUT2D eigenvalue weighted by Crippen LogP contribution is 2.33. The van der Waals surface area contributed by atoms with Gasteiger partial charge in [0, 0.05) is 24.8 Å². The molecule has 2 aromatic rings. The van der Waals surface area contributed by atoms with E-state index in [-0.39, 0.29) is 24.7 Å². The SMILES string of the molecule is CCCC(=O)C[C@@H]1[C@@H](O)[C@H](O)[C@@H](CO)N1CCC(c1ccccc1)c1ccccc1. The van der Waals surface area contributed by atoms with Crippen molar-refractivity contribution in [1.82, 2.24) is 4.90 Å². The molecule has 1 aliphatic heterocycles. The summed E-state index contributed by atoms with van der Waals surface area (Å²) >= 11 is 0. The molecule has 1 fully saturated rings. The monoisotopic (exact) mass is 411 g/mol. The van der Waals surface area contributed by atoms with Crippen LogP contribution in [0.1, 0.15) is 49.7 Å². The summed E-state index contributed by atoms with van der Waals surface area (Å²) < 4.78 is 0. The normalized spacial score (nSPS) is 24.4. The van der Waals surface area contributed by atoms with E-state index < -0.39 is 24.3 Å². The largest absolute Gasteiger partial charge is 0.395 e. The zero-order valence-corrected chi connectivity index (χ0v) is 17.6. The van der Waals surface area contributed by atoms with Crippen molar-refractivity contribution in [2.24, 2.45) is 0 Å². The Labute approximate surface area is 179 Å². The van der Waals surface area contributed by atoms with E-state index in [1.165, 1.54) is 11.1 Å². The molecule has 0 bridgehead atoms. The summed E-state index contributed by atoms with van der Waals surface area (Å²) in [5.41, 5.74) is 2.39. The van der Waals surface area contributed by atoms with Gasteiger partial charge in [0.25, 0.3) is 0 Å². The van der Waals surface area contributed by atoms with Crippen LogP contribution in [0.5, 0.6) is 0 Å². The molecule has 0 amide bonds. The average Bonchev–Trinajstić information content (AvgIpc) is 2.99. The predicted molar refractivity (Wildman–Crippen MR) is 117 cm³/mol. The highest BCUT2D eigenvalue weighted by atomic mass is 16.3. The summed E-state index contributed by atoms with van der Waals surface area (Å²) in [5.74, 6) is 0.230. The van der Waals surface area contributed by atoms with Crippen LogP contribution >= 0.6 is 0 Å². The van der Waals surface area contributed by atoms with E-state index in [1.54, 1.807) is 0 Å². The maximum Gasteiger partial charge on any atom is 0.134 e. The Kier molecular flexibility index (Phi) is 8.16. The number of hydrogen-bond acceptors (Lipinski definition) is 5. The van der Waals surface area contributed by atoms with Gasteiger partial charge in [-0.3, -0.25) is 9.69 Å². The quantitative estimate of drug-likeness (QED) is 0.560. The second kappa shape index (κ2) is 10.8. The molecular formula is C25H33NO4. The first-order valence-corrected chi connectivity index (χ1v) is 10.9. The second-order valence-electron chi connectivity index (χ2n) is 8.19. The minimum Gasteiger partial charge on any atom is -0.395 e. The lowest BCUT2D eigenvalue weighted by atomic mass is 9.88. The van der Waals surface area contributed by atoms with Crippen LogP contribution < -0.4 is 0 Å². The molecule has 0 saturated carbocycles. The van der Waals surface area contributed by atoms with E-state index in [0.29, 0.717) is 13.0 Å². The van der Waals surface area contributed by atoms with E-state index in [4.69, 9.17) is 0 Å². The molecule has 30 heavy (non-hydrogen) atoms. The minimum absolute atomic E-state index is 0.0833. The summed E-state index contributed by atoms with van der Waals surface area (Å²) in [6, 6.07) is 19.5. The third-order valence-electron chi connectivity index (χ3n) is 6.22. The molecule has 4 atom stereocenters. The molecule has 3 N–H and O–H groups in total. The van der Waals surface area contributed by atoms with Crippen LogP contribution in [-0.4, -0.2) is 63.4 Å². The smallest absolute Gasteiger partial charge is 0.134 e. The Morgan fingerprint density at radius 2 is 1.47 bits per heavy atom. The number of ketones is 1. The van der Waals surface area contributed by atoms with Gasteiger partial charge in [-0.05, 0) is 30.5 Å². The number of nitrogens with zero attached hydrogens (tertiary/aromatic N) is 1. The number of carbonyl (C=O) groups excluding carboxylic acids is 1. The highest BCUT2D eigenvalue weighted by molar-refractivity contribution is 5.79. The van der Waals surface area contributed by atoms with Crippen molar-refractivity contribution in [2.45, 2.75) is 62.8 Å². The van der Waals surface area contributed by atoms with Crippen molar-refractivity contribution in [3.63, 3.8) is 0 Å². The fraction of sp³-hybridized carbons (Fsp3) is 0.480. The Morgan fingerprint density at radius 1 is 0.933 bits per heavy atom. The van der Waals surface area contributed by atoms with Crippen molar-refractivity contribution in [1.29, 1.82) is 0 Å². The average molecular weight is 412 g/mol. The maximum atomic E-state index is 12.3. The number of hydrogen-bond donors (Lipinski definition) is 3. The van der Waals surface area contributed by atoms with Gasteiger partial charge in [0.05, 0.1) is 24.9 Å². The summed E-state index contributed by atoms with van der Waals surface area (Å²) in [5, 5.41) is 30.9. The lowest BCUT2D eigenvalue weighted by Crippen LogP contribution is -2.43. The van der Waals surface area contributed by atoms with Crippen LogP contribution in [0.3, 0.4) is 0 Å². The first-order chi connectivity index (χ1) is 14.6. The van der Waals surface area contributed by atoms with Crippen LogP contribution in [0.2, 0.25) is 0 Å². The Morgan fingerprint density at radius 3 is 1.97 bits per heavy atom. The molecular weight excluding hydrogens is 378 g/mol. The van der Waals surface area contributed by atoms with Crippen LogP contribution in [0, 0.1) is 0 Å². The van der Waals surface area contributed by atoms with Gasteiger partial charge in [0.2, 0.25) is 0 Å². The fourth-order valence-electron chi connectivity index (χ4n) is 4.66. The van der Waals surface area contributed by atoms with Crippen molar-refractivity contribution in [3.8, 4) is 0 Å². The van der Waals surface area contributed by atoms with Gasteiger partial charge >= 0.3 is 0 Å². The number of aliphatic hydroxyl groups excluding tert-OH is 3. The molecule has 2 aromatic carbocycles. The third kappa shape index (κ3) is 5.16. The minimum atomic E-state index is -1.05. The Balaban J connectivity index is 1.81. The van der Waals surface area contributed by atoms with E-state index in [1.807, 2.05) is 48.2 Å². The number of rotatable bonds is 10. The van der Waals surface area contributed by atoms with Gasteiger partial charge in [0.1, 0.15) is 5.78 Å². The molecule has 1 saturated heterocycles. The number of likely N-dealkylation sites (tertiary alicyclic amines) is 1. The fourth-order valence-corrected chi connectivity index (χ4v) is 4.66. The van der Waals surface area contributed by atoms with Gasteiger partial charge in [-0.15, -0.1) is 0 Å². The summed E-state index contributed by atoms with van der Waals surface area (Å²) in [4.78, 5) is 14.2. The first kappa shape index (κ1) is 22.6.